The minimum atomic E-state index is -0.0565. The number of morpholine rings is 1. The first-order valence-corrected chi connectivity index (χ1v) is 9.13. The fraction of sp³-hybridized carbons (Fsp3) is 0.381. The number of nitrogens with zero attached hydrogens (tertiary/aromatic N) is 1. The van der Waals surface area contributed by atoms with E-state index in [4.69, 9.17) is 10.5 Å². The zero-order valence-corrected chi connectivity index (χ0v) is 15.3. The summed E-state index contributed by atoms with van der Waals surface area (Å²) in [7, 11) is 0. The van der Waals surface area contributed by atoms with Crippen LogP contribution in [0.25, 0.3) is 0 Å². The van der Waals surface area contributed by atoms with Crippen molar-refractivity contribution < 1.29 is 9.53 Å². The lowest BCUT2D eigenvalue weighted by molar-refractivity contribution is 0.0162. The number of hydrogen-bond donors (Lipinski definition) is 2. The molecule has 0 radical (unpaired) electrons. The smallest absolute Gasteiger partial charge is 0.251 e. The first-order chi connectivity index (χ1) is 12.7. The van der Waals surface area contributed by atoms with Gasteiger partial charge in [-0.25, -0.2) is 0 Å². The highest BCUT2D eigenvalue weighted by Crippen LogP contribution is 2.22. The molecular weight excluding hydrogens is 326 g/mol. The number of aryl methyl sites for hydroxylation is 1. The van der Waals surface area contributed by atoms with Crippen LogP contribution in [-0.4, -0.2) is 43.7 Å². The Morgan fingerprint density at radius 3 is 2.38 bits per heavy atom. The normalized spacial score (nSPS) is 16.2. The second-order valence-electron chi connectivity index (χ2n) is 6.69. The van der Waals surface area contributed by atoms with Crippen molar-refractivity contribution in [2.24, 2.45) is 5.73 Å². The maximum absolute atomic E-state index is 12.5. The van der Waals surface area contributed by atoms with Crippen molar-refractivity contribution in [1.29, 1.82) is 0 Å². The van der Waals surface area contributed by atoms with Crippen molar-refractivity contribution in [3.05, 3.63) is 70.8 Å². The number of benzene rings is 2. The van der Waals surface area contributed by atoms with Crippen LogP contribution in [-0.2, 0) is 11.3 Å². The van der Waals surface area contributed by atoms with Gasteiger partial charge in [0.25, 0.3) is 5.91 Å². The molecule has 5 nitrogen and oxygen atoms in total. The minimum Gasteiger partial charge on any atom is -0.379 e. The van der Waals surface area contributed by atoms with Crippen LogP contribution in [0.3, 0.4) is 0 Å². The monoisotopic (exact) mass is 353 g/mol. The largest absolute Gasteiger partial charge is 0.379 e. The Bertz CT molecular complexity index is 707. The molecule has 26 heavy (non-hydrogen) atoms. The average molecular weight is 353 g/mol. The minimum absolute atomic E-state index is 0.0565. The Morgan fingerprint density at radius 2 is 1.77 bits per heavy atom. The van der Waals surface area contributed by atoms with Crippen molar-refractivity contribution in [3.8, 4) is 0 Å². The molecule has 1 unspecified atom stereocenters. The summed E-state index contributed by atoms with van der Waals surface area (Å²) in [6.07, 6.45) is 0. The number of amides is 1. The van der Waals surface area contributed by atoms with E-state index >= 15 is 0 Å². The third kappa shape index (κ3) is 4.69. The van der Waals surface area contributed by atoms with Crippen LogP contribution in [0, 0.1) is 6.92 Å². The number of carbonyl (C=O) groups excluding carboxylic acids is 1. The molecule has 1 atom stereocenters. The van der Waals surface area contributed by atoms with Gasteiger partial charge in [-0.05, 0) is 30.2 Å². The van der Waals surface area contributed by atoms with E-state index in [1.807, 2.05) is 24.3 Å². The summed E-state index contributed by atoms with van der Waals surface area (Å²) >= 11 is 0. The fourth-order valence-electron chi connectivity index (χ4n) is 3.22. The van der Waals surface area contributed by atoms with Gasteiger partial charge in [0.05, 0.1) is 19.3 Å². The lowest BCUT2D eigenvalue weighted by Crippen LogP contribution is -2.43. The van der Waals surface area contributed by atoms with Gasteiger partial charge >= 0.3 is 0 Å². The van der Waals surface area contributed by atoms with Gasteiger partial charge in [0.2, 0.25) is 0 Å². The van der Waals surface area contributed by atoms with Gasteiger partial charge in [-0.3, -0.25) is 9.69 Å². The van der Waals surface area contributed by atoms with E-state index < -0.39 is 0 Å². The lowest BCUT2D eigenvalue weighted by Gasteiger charge is -2.35. The maximum Gasteiger partial charge on any atom is 0.251 e. The topological polar surface area (TPSA) is 67.6 Å². The second kappa shape index (κ2) is 8.94. The Morgan fingerprint density at radius 1 is 1.12 bits per heavy atom. The summed E-state index contributed by atoms with van der Waals surface area (Å²) in [6, 6.07) is 16.1. The zero-order valence-electron chi connectivity index (χ0n) is 15.3. The molecule has 0 saturated carbocycles. The molecule has 3 N–H and O–H groups in total. The highest BCUT2D eigenvalue weighted by atomic mass is 16.5. The number of carbonyl (C=O) groups is 1. The quantitative estimate of drug-likeness (QED) is 0.836. The summed E-state index contributed by atoms with van der Waals surface area (Å²) in [5.41, 5.74) is 9.75. The Kier molecular flexibility index (Phi) is 6.39. The van der Waals surface area contributed by atoms with E-state index in [-0.39, 0.29) is 11.9 Å². The Hall–Kier alpha value is -2.21. The van der Waals surface area contributed by atoms with Crippen molar-refractivity contribution in [3.63, 3.8) is 0 Å². The first kappa shape index (κ1) is 18.6. The van der Waals surface area contributed by atoms with Crippen molar-refractivity contribution >= 4 is 5.91 Å². The van der Waals surface area contributed by atoms with E-state index in [0.717, 1.165) is 31.9 Å². The van der Waals surface area contributed by atoms with Crippen LogP contribution in [0.2, 0.25) is 0 Å². The third-order valence-corrected chi connectivity index (χ3v) is 4.86. The summed E-state index contributed by atoms with van der Waals surface area (Å²) in [6.45, 7) is 6.35. The number of nitrogens with two attached hydrogens (primary N) is 1. The van der Waals surface area contributed by atoms with Crippen LogP contribution in [0.15, 0.2) is 48.5 Å². The predicted molar refractivity (Wildman–Crippen MR) is 103 cm³/mol. The van der Waals surface area contributed by atoms with Crippen molar-refractivity contribution in [1.82, 2.24) is 10.2 Å². The molecule has 2 aromatic carbocycles. The second-order valence-corrected chi connectivity index (χ2v) is 6.69. The van der Waals surface area contributed by atoms with Crippen molar-refractivity contribution in [2.45, 2.75) is 19.5 Å². The van der Waals surface area contributed by atoms with E-state index in [9.17, 15) is 4.79 Å². The molecule has 0 aromatic heterocycles. The Balaban J connectivity index is 1.70. The maximum atomic E-state index is 12.5. The predicted octanol–water partition coefficient (Wildman–Crippen LogP) is 2.26. The number of nitrogens with one attached hydrogen (secondary N) is 1. The summed E-state index contributed by atoms with van der Waals surface area (Å²) in [5, 5.41) is 3.09. The van der Waals surface area contributed by atoms with Gasteiger partial charge in [0.1, 0.15) is 0 Å². The summed E-state index contributed by atoms with van der Waals surface area (Å²) in [5.74, 6) is -0.0565. The number of hydrogen-bond acceptors (Lipinski definition) is 4. The molecule has 3 rings (SSSR count). The molecule has 0 bridgehead atoms. The van der Waals surface area contributed by atoms with E-state index in [1.165, 1.54) is 11.1 Å². The van der Waals surface area contributed by atoms with Gasteiger partial charge in [-0.2, -0.15) is 0 Å². The van der Waals surface area contributed by atoms with Gasteiger partial charge in [0.15, 0.2) is 0 Å². The zero-order chi connectivity index (χ0) is 18.4. The average Bonchev–Trinajstić information content (AvgIpc) is 2.70. The van der Waals surface area contributed by atoms with Gasteiger partial charge in [-0.15, -0.1) is 0 Å². The SMILES string of the molecule is Cc1ccc(C(CNC(=O)c2ccc(CN)cc2)N2CCOCC2)cc1. The molecule has 1 amide bonds. The molecule has 1 saturated heterocycles. The molecule has 1 fully saturated rings. The van der Waals surface area contributed by atoms with Crippen LogP contribution in [0.5, 0.6) is 0 Å². The van der Waals surface area contributed by atoms with E-state index in [2.05, 4.69) is 41.4 Å². The van der Waals surface area contributed by atoms with Crippen LogP contribution in [0.1, 0.15) is 33.1 Å². The number of ether oxygens (including phenoxy) is 1. The highest BCUT2D eigenvalue weighted by molar-refractivity contribution is 5.94. The van der Waals surface area contributed by atoms with Crippen molar-refractivity contribution in [2.75, 3.05) is 32.8 Å². The molecule has 0 spiro atoms. The van der Waals surface area contributed by atoms with E-state index in [0.29, 0.717) is 18.7 Å². The number of rotatable bonds is 6. The van der Waals surface area contributed by atoms with Crippen LogP contribution >= 0.6 is 0 Å². The Labute approximate surface area is 155 Å². The fourth-order valence-corrected chi connectivity index (χ4v) is 3.22. The molecule has 0 aliphatic carbocycles. The molecule has 1 heterocycles. The standard InChI is InChI=1S/C21H27N3O2/c1-16-2-6-18(7-3-16)20(24-10-12-26-13-11-24)15-23-21(25)19-8-4-17(14-22)5-9-19/h2-9,20H,10-15,22H2,1H3,(H,23,25). The summed E-state index contributed by atoms with van der Waals surface area (Å²) in [4.78, 5) is 14.9. The van der Waals surface area contributed by atoms with Crippen LogP contribution in [0.4, 0.5) is 0 Å². The summed E-state index contributed by atoms with van der Waals surface area (Å²) < 4.78 is 5.48. The lowest BCUT2D eigenvalue weighted by atomic mass is 10.0. The van der Waals surface area contributed by atoms with Gasteiger partial charge < -0.3 is 15.8 Å². The molecule has 1 aliphatic rings. The third-order valence-electron chi connectivity index (χ3n) is 4.86. The van der Waals surface area contributed by atoms with Crippen LogP contribution < -0.4 is 11.1 Å². The molecular formula is C21H27N3O2. The molecule has 1 aliphatic heterocycles. The van der Waals surface area contributed by atoms with Gasteiger partial charge in [-0.1, -0.05) is 42.0 Å². The first-order valence-electron chi connectivity index (χ1n) is 9.13. The molecule has 2 aromatic rings. The molecule has 138 valence electrons. The highest BCUT2D eigenvalue weighted by Gasteiger charge is 2.23. The van der Waals surface area contributed by atoms with E-state index in [1.54, 1.807) is 0 Å². The van der Waals surface area contributed by atoms with Gasteiger partial charge in [0, 0.05) is 31.7 Å². The molecule has 5 heteroatoms.